The number of nitrogens with zero attached hydrogens (tertiary/aromatic N) is 5. The number of nitrogens with one attached hydrogen (secondary N) is 1. The summed E-state index contributed by atoms with van der Waals surface area (Å²) in [5.41, 5.74) is 2.73. The van der Waals surface area contributed by atoms with Crippen molar-refractivity contribution in [3.63, 3.8) is 0 Å². The molecule has 4 aliphatic heterocycles. The third kappa shape index (κ3) is 8.06. The summed E-state index contributed by atoms with van der Waals surface area (Å²) in [6.45, 7) is 6.48. The minimum atomic E-state index is -1.01. The maximum absolute atomic E-state index is 14.0. The van der Waals surface area contributed by atoms with E-state index in [0.717, 1.165) is 62.3 Å². The molecule has 0 radical (unpaired) electrons. The standard InChI is InChI=1S/C34H44Br2N6O5/c1-38-11-7-25(8-12-38)39-16-18-40(19-17-39)32(44)30(22-23-20-27(35)31(43)28(36)21-23)47-34(46)41-13-9-26(10-14-41)42-15-6-24-4-2-3-5-29(24)37-33(42)45/h2-5,20-21,25-26,30,43H,6-19,22H2,1H3,(H,37,45)/t30-/m0/s1. The number of para-hydroxylation sites is 1. The Balaban J connectivity index is 1.08. The van der Waals surface area contributed by atoms with E-state index in [-0.39, 0.29) is 30.2 Å². The number of phenolic OH excluding ortho intramolecular Hbond substituents is 1. The van der Waals surface area contributed by atoms with E-state index in [1.165, 1.54) is 0 Å². The Kier molecular flexibility index (Phi) is 10.9. The summed E-state index contributed by atoms with van der Waals surface area (Å²) in [6.07, 6.45) is 2.98. The van der Waals surface area contributed by atoms with Crippen molar-refractivity contribution in [1.29, 1.82) is 0 Å². The molecule has 47 heavy (non-hydrogen) atoms. The second kappa shape index (κ2) is 15.1. The maximum Gasteiger partial charge on any atom is 0.410 e. The third-order valence-corrected chi connectivity index (χ3v) is 11.4. The van der Waals surface area contributed by atoms with Gasteiger partial charge in [-0.3, -0.25) is 9.69 Å². The van der Waals surface area contributed by atoms with Crippen LogP contribution >= 0.6 is 31.9 Å². The van der Waals surface area contributed by atoms with E-state index in [1.54, 1.807) is 17.0 Å². The fourth-order valence-electron chi connectivity index (χ4n) is 7.29. The lowest BCUT2D eigenvalue weighted by Crippen LogP contribution is -2.56. The van der Waals surface area contributed by atoms with Crippen LogP contribution in [0.2, 0.25) is 0 Å². The van der Waals surface area contributed by atoms with Gasteiger partial charge in [0.05, 0.1) is 8.95 Å². The second-order valence-electron chi connectivity index (χ2n) is 13.1. The van der Waals surface area contributed by atoms with E-state index in [9.17, 15) is 19.5 Å². The van der Waals surface area contributed by atoms with Gasteiger partial charge in [0, 0.05) is 70.0 Å². The van der Waals surface area contributed by atoms with Gasteiger partial charge in [-0.1, -0.05) is 18.2 Å². The Morgan fingerprint density at radius 1 is 0.894 bits per heavy atom. The van der Waals surface area contributed by atoms with Gasteiger partial charge in [0.1, 0.15) is 5.75 Å². The molecule has 4 heterocycles. The molecule has 2 N–H and O–H groups in total. The van der Waals surface area contributed by atoms with E-state index in [1.807, 2.05) is 34.1 Å². The number of rotatable bonds is 6. The summed E-state index contributed by atoms with van der Waals surface area (Å²) in [5, 5.41) is 13.3. The first kappa shape index (κ1) is 34.0. The molecule has 0 aliphatic carbocycles. The number of fused-ring (bicyclic) bond motifs is 1. The Morgan fingerprint density at radius 3 is 2.21 bits per heavy atom. The zero-order chi connectivity index (χ0) is 33.1. The minimum absolute atomic E-state index is 0.0124. The van der Waals surface area contributed by atoms with Crippen molar-refractivity contribution >= 4 is 55.6 Å². The molecular weight excluding hydrogens is 732 g/mol. The summed E-state index contributed by atoms with van der Waals surface area (Å²) in [4.78, 5) is 50.9. The number of piperidine rings is 2. The van der Waals surface area contributed by atoms with Gasteiger partial charge < -0.3 is 34.8 Å². The third-order valence-electron chi connectivity index (χ3n) is 10.2. The van der Waals surface area contributed by atoms with E-state index in [0.29, 0.717) is 60.6 Å². The highest BCUT2D eigenvalue weighted by atomic mass is 79.9. The van der Waals surface area contributed by atoms with Crippen LogP contribution < -0.4 is 5.32 Å². The van der Waals surface area contributed by atoms with Crippen LogP contribution in [0.25, 0.3) is 0 Å². The van der Waals surface area contributed by atoms with Crippen molar-refractivity contribution in [2.75, 3.05) is 71.3 Å². The Bertz CT molecular complexity index is 1430. The van der Waals surface area contributed by atoms with Crippen LogP contribution in [0, 0.1) is 0 Å². The minimum Gasteiger partial charge on any atom is -0.506 e. The van der Waals surface area contributed by atoms with Gasteiger partial charge >= 0.3 is 12.1 Å². The zero-order valence-corrected chi connectivity index (χ0v) is 30.0. The topological polar surface area (TPSA) is 109 Å². The van der Waals surface area contributed by atoms with Gasteiger partial charge in [-0.05, 0) is 113 Å². The summed E-state index contributed by atoms with van der Waals surface area (Å²) in [6, 6.07) is 11.8. The molecule has 0 spiro atoms. The summed E-state index contributed by atoms with van der Waals surface area (Å²) in [7, 11) is 2.16. The van der Waals surface area contributed by atoms with Gasteiger partial charge in [-0.15, -0.1) is 0 Å². The number of piperazine rings is 1. The van der Waals surface area contributed by atoms with Crippen molar-refractivity contribution in [3.05, 3.63) is 56.5 Å². The van der Waals surface area contributed by atoms with Crippen LogP contribution in [-0.2, 0) is 22.4 Å². The normalized spacial score (nSPS) is 21.2. The second-order valence-corrected chi connectivity index (χ2v) is 14.8. The Labute approximate surface area is 293 Å². The Morgan fingerprint density at radius 2 is 1.53 bits per heavy atom. The first-order chi connectivity index (χ1) is 22.7. The number of hydrogen-bond acceptors (Lipinski definition) is 7. The molecule has 0 saturated carbocycles. The first-order valence-electron chi connectivity index (χ1n) is 16.7. The average Bonchev–Trinajstić information content (AvgIpc) is 3.25. The molecule has 0 bridgehead atoms. The number of anilines is 1. The van der Waals surface area contributed by atoms with Crippen molar-refractivity contribution in [3.8, 4) is 5.75 Å². The van der Waals surface area contributed by atoms with E-state index >= 15 is 0 Å². The molecule has 13 heteroatoms. The number of benzene rings is 2. The number of carbonyl (C=O) groups is 3. The Hall–Kier alpha value is -2.87. The van der Waals surface area contributed by atoms with Crippen molar-refractivity contribution in [2.24, 2.45) is 0 Å². The monoisotopic (exact) mass is 774 g/mol. The predicted molar refractivity (Wildman–Crippen MR) is 187 cm³/mol. The molecule has 2 aromatic carbocycles. The number of carbonyl (C=O) groups excluding carboxylic acids is 3. The van der Waals surface area contributed by atoms with Crippen molar-refractivity contribution in [1.82, 2.24) is 24.5 Å². The van der Waals surface area contributed by atoms with Crippen molar-refractivity contribution in [2.45, 2.75) is 56.7 Å². The van der Waals surface area contributed by atoms with Crippen LogP contribution in [0.3, 0.4) is 0 Å². The van der Waals surface area contributed by atoms with Gasteiger partial charge in [0.2, 0.25) is 0 Å². The average molecular weight is 777 g/mol. The van der Waals surface area contributed by atoms with E-state index in [2.05, 4.69) is 54.0 Å². The highest BCUT2D eigenvalue weighted by Gasteiger charge is 2.36. The molecule has 3 fully saturated rings. The fourth-order valence-corrected chi connectivity index (χ4v) is 8.58. The van der Waals surface area contributed by atoms with Crippen LogP contribution in [0.4, 0.5) is 15.3 Å². The molecular formula is C34H44Br2N6O5. The predicted octanol–water partition coefficient (Wildman–Crippen LogP) is 4.76. The lowest BCUT2D eigenvalue weighted by molar-refractivity contribution is -0.143. The number of likely N-dealkylation sites (tertiary alicyclic amines) is 2. The quantitative estimate of drug-likeness (QED) is 0.436. The highest BCUT2D eigenvalue weighted by molar-refractivity contribution is 9.11. The largest absolute Gasteiger partial charge is 0.506 e. The molecule has 4 aliphatic rings. The number of halogens is 2. The number of ether oxygens (including phenoxy) is 1. The zero-order valence-electron chi connectivity index (χ0n) is 26.9. The van der Waals surface area contributed by atoms with E-state index in [4.69, 9.17) is 4.74 Å². The first-order valence-corrected chi connectivity index (χ1v) is 18.2. The molecule has 254 valence electrons. The smallest absolute Gasteiger partial charge is 0.410 e. The lowest BCUT2D eigenvalue weighted by Gasteiger charge is -2.42. The fraction of sp³-hybridized carbons (Fsp3) is 0.559. The number of hydrogen-bond donors (Lipinski definition) is 2. The maximum atomic E-state index is 14.0. The molecule has 1 atom stereocenters. The molecule has 3 saturated heterocycles. The number of urea groups is 1. The summed E-state index contributed by atoms with van der Waals surface area (Å²) < 4.78 is 7.02. The summed E-state index contributed by atoms with van der Waals surface area (Å²) in [5.74, 6) is -0.124. The lowest BCUT2D eigenvalue weighted by atomic mass is 10.0. The number of aromatic hydroxyl groups is 1. The molecule has 2 aromatic rings. The SMILES string of the molecule is CN1CCC(N2CCN(C(=O)[C@H](Cc3cc(Br)c(O)c(Br)c3)OC(=O)N3CCC(N4CCc5ccccc5NC4=O)CC3)CC2)CC1. The highest BCUT2D eigenvalue weighted by Crippen LogP contribution is 2.34. The van der Waals surface area contributed by atoms with Crippen LogP contribution in [0.1, 0.15) is 36.8 Å². The van der Waals surface area contributed by atoms with Crippen LogP contribution in [0.15, 0.2) is 45.3 Å². The molecule has 0 aromatic heterocycles. The van der Waals surface area contributed by atoms with Gasteiger partial charge in [0.25, 0.3) is 5.91 Å². The molecule has 4 amide bonds. The molecule has 11 nitrogen and oxygen atoms in total. The molecule has 6 rings (SSSR count). The van der Waals surface area contributed by atoms with Gasteiger partial charge in [0.15, 0.2) is 6.10 Å². The van der Waals surface area contributed by atoms with Gasteiger partial charge in [-0.2, -0.15) is 0 Å². The molecule has 0 unspecified atom stereocenters. The van der Waals surface area contributed by atoms with E-state index < -0.39 is 12.2 Å². The summed E-state index contributed by atoms with van der Waals surface area (Å²) >= 11 is 6.77. The number of amides is 4. The number of phenols is 1. The van der Waals surface area contributed by atoms with Crippen LogP contribution in [0.5, 0.6) is 5.75 Å². The van der Waals surface area contributed by atoms with Crippen LogP contribution in [-0.4, -0.2) is 132 Å². The van der Waals surface area contributed by atoms with Gasteiger partial charge in [-0.25, -0.2) is 9.59 Å². The van der Waals surface area contributed by atoms with Crippen molar-refractivity contribution < 1.29 is 24.2 Å².